The van der Waals surface area contributed by atoms with Crippen molar-refractivity contribution in [3.05, 3.63) is 60.8 Å². The number of nitro benzene ring substituents is 1. The van der Waals surface area contributed by atoms with Gasteiger partial charge in [-0.25, -0.2) is 0 Å². The van der Waals surface area contributed by atoms with Crippen LogP contribution in [0.15, 0.2) is 44.8 Å². The average Bonchev–Trinajstić information content (AvgIpc) is 2.74. The Balaban J connectivity index is 2.04. The van der Waals surface area contributed by atoms with Gasteiger partial charge in [0.05, 0.1) is 22.8 Å². The SMILES string of the molecule is CCOc1c(O)ccc([C@H]2Nc3ccc(Br)cc3-c3c(=O)[nH]c(SC)n[n+]32)c1[N+](=O)[O-]. The first-order chi connectivity index (χ1) is 14.8. The van der Waals surface area contributed by atoms with Gasteiger partial charge < -0.3 is 15.2 Å². The van der Waals surface area contributed by atoms with Crippen LogP contribution in [0.2, 0.25) is 0 Å². The number of nitro groups is 1. The van der Waals surface area contributed by atoms with Crippen LogP contribution in [-0.2, 0) is 0 Å². The summed E-state index contributed by atoms with van der Waals surface area (Å²) in [5.41, 5.74) is 0.869. The number of H-pyrrole nitrogens is 1. The van der Waals surface area contributed by atoms with Crippen LogP contribution in [0.4, 0.5) is 11.4 Å². The number of rotatable bonds is 5. The van der Waals surface area contributed by atoms with Crippen LogP contribution in [0, 0.1) is 10.1 Å². The van der Waals surface area contributed by atoms with Crippen LogP contribution < -0.4 is 20.3 Å². The molecule has 0 bridgehead atoms. The molecule has 1 aliphatic rings. The molecule has 12 heteroatoms. The molecule has 160 valence electrons. The van der Waals surface area contributed by atoms with E-state index in [1.807, 2.05) is 0 Å². The number of hydrogen-bond donors (Lipinski definition) is 3. The summed E-state index contributed by atoms with van der Waals surface area (Å²) in [5.74, 6) is -0.572. The zero-order valence-corrected chi connectivity index (χ0v) is 18.8. The fourth-order valence-electron chi connectivity index (χ4n) is 3.49. The summed E-state index contributed by atoms with van der Waals surface area (Å²) in [5, 5.41) is 30.2. The molecule has 2 aromatic carbocycles. The average molecular weight is 507 g/mol. The maximum Gasteiger partial charge on any atom is 0.326 e. The molecule has 0 unspecified atom stereocenters. The highest BCUT2D eigenvalue weighted by atomic mass is 79.9. The molecular weight excluding hydrogens is 490 g/mol. The van der Waals surface area contributed by atoms with E-state index < -0.39 is 16.8 Å². The van der Waals surface area contributed by atoms with Crippen LogP contribution in [0.3, 0.4) is 0 Å². The topological polar surface area (TPSA) is 134 Å². The molecule has 3 aromatic rings. The van der Waals surface area contributed by atoms with Crippen LogP contribution in [-0.4, -0.2) is 33.0 Å². The number of aromatic amines is 1. The summed E-state index contributed by atoms with van der Waals surface area (Å²) in [7, 11) is 0. The van der Waals surface area contributed by atoms with Crippen molar-refractivity contribution in [3.63, 3.8) is 0 Å². The fraction of sp³-hybridized carbons (Fsp3) is 0.211. The van der Waals surface area contributed by atoms with Crippen molar-refractivity contribution in [3.8, 4) is 22.8 Å². The zero-order valence-electron chi connectivity index (χ0n) is 16.4. The second-order valence-electron chi connectivity index (χ2n) is 6.54. The first-order valence-electron chi connectivity index (χ1n) is 9.15. The summed E-state index contributed by atoms with van der Waals surface area (Å²) < 4.78 is 7.56. The van der Waals surface area contributed by atoms with Crippen LogP contribution in [0.5, 0.6) is 11.5 Å². The van der Waals surface area contributed by atoms with E-state index in [0.717, 1.165) is 4.47 Å². The van der Waals surface area contributed by atoms with E-state index in [0.29, 0.717) is 16.4 Å². The van der Waals surface area contributed by atoms with Gasteiger partial charge in [-0.15, -0.1) is 0 Å². The van der Waals surface area contributed by atoms with E-state index >= 15 is 0 Å². The highest BCUT2D eigenvalue weighted by Crippen LogP contribution is 2.43. The smallest absolute Gasteiger partial charge is 0.326 e. The summed E-state index contributed by atoms with van der Waals surface area (Å²) in [4.78, 5) is 27.1. The lowest BCUT2D eigenvalue weighted by Gasteiger charge is -2.23. The molecule has 2 heterocycles. The van der Waals surface area contributed by atoms with Gasteiger partial charge in [0, 0.05) is 9.57 Å². The molecule has 0 saturated carbocycles. The van der Waals surface area contributed by atoms with Gasteiger partial charge in [-0.2, -0.15) is 0 Å². The number of ether oxygens (including phenoxy) is 1. The van der Waals surface area contributed by atoms with Crippen LogP contribution in [0.1, 0.15) is 18.7 Å². The standard InChI is InChI=1S/C19H16BrN5O5S/c1-3-30-16-13(26)7-5-10(14(16)25(28)29)17-21-12-6-4-9(20)8-11(12)15-18(27)22-19(31-2)23-24(15)17/h4-8,17H,3H2,1-2H3,(H2,22,23,26,27)/p+1/t17-/m0/s1. The van der Waals surface area contributed by atoms with Crippen LogP contribution >= 0.6 is 27.7 Å². The van der Waals surface area contributed by atoms with Crippen molar-refractivity contribution < 1.29 is 19.4 Å². The summed E-state index contributed by atoms with van der Waals surface area (Å²) >= 11 is 4.65. The van der Waals surface area contributed by atoms with Crippen molar-refractivity contribution in [1.82, 2.24) is 10.1 Å². The van der Waals surface area contributed by atoms with Gasteiger partial charge in [0.2, 0.25) is 10.9 Å². The maximum atomic E-state index is 13.0. The predicted octanol–water partition coefficient (Wildman–Crippen LogP) is 3.19. The van der Waals surface area contributed by atoms with Gasteiger partial charge in [-0.3, -0.25) is 19.9 Å². The lowest BCUT2D eigenvalue weighted by atomic mass is 10.0. The number of phenolic OH excluding ortho intramolecular Hbond substituents is 1. The van der Waals surface area contributed by atoms with E-state index in [1.165, 1.54) is 28.6 Å². The quantitative estimate of drug-likeness (QED) is 0.208. The number of aromatic hydroxyl groups is 1. The summed E-state index contributed by atoms with van der Waals surface area (Å²) in [6.45, 7) is 1.80. The highest BCUT2D eigenvalue weighted by molar-refractivity contribution is 9.10. The molecule has 3 N–H and O–H groups in total. The third-order valence-corrected chi connectivity index (χ3v) is 5.80. The molecule has 0 aliphatic carbocycles. The number of thioether (sulfide) groups is 1. The minimum absolute atomic E-state index is 0.130. The van der Waals surface area contributed by atoms with E-state index in [2.05, 4.69) is 31.3 Å². The Morgan fingerprint density at radius 1 is 1.39 bits per heavy atom. The number of hydrogen-bond acceptors (Lipinski definition) is 8. The second kappa shape index (κ2) is 8.19. The first-order valence-corrected chi connectivity index (χ1v) is 11.2. The number of benzene rings is 2. The minimum atomic E-state index is -0.892. The molecule has 0 radical (unpaired) electrons. The number of halogens is 1. The minimum Gasteiger partial charge on any atom is -0.504 e. The molecule has 0 fully saturated rings. The zero-order chi connectivity index (χ0) is 22.3. The Kier molecular flexibility index (Phi) is 5.58. The largest absolute Gasteiger partial charge is 0.504 e. The maximum absolute atomic E-state index is 13.0. The number of fused-ring (bicyclic) bond motifs is 3. The molecule has 0 amide bonds. The Morgan fingerprint density at radius 3 is 2.84 bits per heavy atom. The van der Waals surface area contributed by atoms with E-state index in [9.17, 15) is 20.0 Å². The lowest BCUT2D eigenvalue weighted by molar-refractivity contribution is -0.759. The Labute approximate surface area is 188 Å². The molecule has 31 heavy (non-hydrogen) atoms. The van der Waals surface area contributed by atoms with E-state index in [-0.39, 0.29) is 34.9 Å². The lowest BCUT2D eigenvalue weighted by Crippen LogP contribution is -2.55. The molecule has 1 aromatic heterocycles. The van der Waals surface area contributed by atoms with Crippen molar-refractivity contribution in [2.45, 2.75) is 18.2 Å². The van der Waals surface area contributed by atoms with Gasteiger partial charge in [0.25, 0.3) is 6.17 Å². The molecule has 0 spiro atoms. The summed E-state index contributed by atoms with van der Waals surface area (Å²) in [6, 6.07) is 8.10. The van der Waals surface area contributed by atoms with Crippen LogP contribution in [0.25, 0.3) is 11.3 Å². The van der Waals surface area contributed by atoms with Crippen molar-refractivity contribution in [2.75, 3.05) is 18.2 Å². The van der Waals surface area contributed by atoms with Gasteiger partial charge in [-0.05, 0) is 48.2 Å². The van der Waals surface area contributed by atoms with Gasteiger partial charge >= 0.3 is 16.9 Å². The second-order valence-corrected chi connectivity index (χ2v) is 8.25. The Bertz CT molecular complexity index is 1270. The Hall–Kier alpha value is -3.12. The molecule has 1 aliphatic heterocycles. The fourth-order valence-corrected chi connectivity index (χ4v) is 4.21. The predicted molar refractivity (Wildman–Crippen MR) is 118 cm³/mol. The van der Waals surface area contributed by atoms with Crippen molar-refractivity contribution in [2.24, 2.45) is 0 Å². The highest BCUT2D eigenvalue weighted by Gasteiger charge is 2.42. The normalized spacial score (nSPS) is 14.4. The third-order valence-electron chi connectivity index (χ3n) is 4.74. The van der Waals surface area contributed by atoms with Gasteiger partial charge in [0.15, 0.2) is 5.75 Å². The van der Waals surface area contributed by atoms with E-state index in [1.54, 1.807) is 31.4 Å². The molecule has 10 nitrogen and oxygen atoms in total. The molecule has 4 rings (SSSR count). The first kappa shape index (κ1) is 21.1. The Morgan fingerprint density at radius 2 is 2.16 bits per heavy atom. The third kappa shape index (κ3) is 3.61. The van der Waals surface area contributed by atoms with Crippen molar-refractivity contribution >= 4 is 39.1 Å². The number of anilines is 1. The monoisotopic (exact) mass is 506 g/mol. The van der Waals surface area contributed by atoms with Gasteiger partial charge in [0.1, 0.15) is 5.56 Å². The number of nitrogens with zero attached hydrogens (tertiary/aromatic N) is 3. The molecular formula is C19H17BrN5O5S+. The summed E-state index contributed by atoms with van der Waals surface area (Å²) in [6.07, 6.45) is 0.870. The number of nitrogens with one attached hydrogen (secondary N) is 2. The van der Waals surface area contributed by atoms with Gasteiger partial charge in [-0.1, -0.05) is 27.7 Å². The number of aromatic nitrogens is 3. The van der Waals surface area contributed by atoms with E-state index in [4.69, 9.17) is 4.74 Å². The van der Waals surface area contributed by atoms with Crippen molar-refractivity contribution in [1.29, 1.82) is 0 Å². The molecule has 0 saturated heterocycles. The molecule has 1 atom stereocenters. The number of phenols is 1.